The van der Waals surface area contributed by atoms with Crippen molar-refractivity contribution < 1.29 is 9.84 Å². The van der Waals surface area contributed by atoms with Crippen LogP contribution in [0.1, 0.15) is 24.1 Å². The second-order valence-electron chi connectivity index (χ2n) is 5.33. The molecule has 2 aromatic carbocycles. The highest BCUT2D eigenvalue weighted by Crippen LogP contribution is 2.29. The maximum absolute atomic E-state index is 9.69. The number of benzene rings is 2. The van der Waals surface area contributed by atoms with Crippen LogP contribution < -0.4 is 10.1 Å². The number of nitrogens with one attached hydrogen (secondary N) is 1. The minimum Gasteiger partial charge on any atom is -0.508 e. The van der Waals surface area contributed by atoms with E-state index in [9.17, 15) is 5.11 Å². The average molecular weight is 269 g/mol. The summed E-state index contributed by atoms with van der Waals surface area (Å²) < 4.78 is 5.85. The van der Waals surface area contributed by atoms with Gasteiger partial charge in [-0.05, 0) is 48.7 Å². The van der Waals surface area contributed by atoms with Gasteiger partial charge in [0.1, 0.15) is 18.1 Å². The van der Waals surface area contributed by atoms with Gasteiger partial charge in [0.05, 0.1) is 6.04 Å². The van der Waals surface area contributed by atoms with Crippen molar-refractivity contribution >= 4 is 0 Å². The lowest BCUT2D eigenvalue weighted by atomic mass is 9.91. The van der Waals surface area contributed by atoms with Gasteiger partial charge < -0.3 is 15.2 Å². The normalized spacial score (nSPS) is 21.2. The smallest absolute Gasteiger partial charge is 0.119 e. The quantitative estimate of drug-likeness (QED) is 0.900. The van der Waals surface area contributed by atoms with Gasteiger partial charge in [-0.25, -0.2) is 0 Å². The molecule has 0 aliphatic carbocycles. The van der Waals surface area contributed by atoms with Crippen LogP contribution in [0.5, 0.6) is 11.5 Å². The molecule has 3 rings (SSSR count). The molecule has 3 nitrogen and oxygen atoms in total. The molecule has 104 valence electrons. The second kappa shape index (κ2) is 5.55. The van der Waals surface area contributed by atoms with Gasteiger partial charge in [0.25, 0.3) is 0 Å². The molecule has 20 heavy (non-hydrogen) atoms. The zero-order chi connectivity index (χ0) is 13.9. The number of hydrogen-bond acceptors (Lipinski definition) is 3. The Labute approximate surface area is 119 Å². The molecule has 3 heteroatoms. The highest BCUT2D eigenvalue weighted by atomic mass is 16.5. The standard InChI is InChI=1S/C17H19NO2/c1-12-9-13-7-8-14(19)10-16(13)17(18-12)11-20-15-5-3-2-4-6-15/h2-8,10,12,17-19H,9,11H2,1H3. The van der Waals surface area contributed by atoms with Crippen LogP contribution in [0.2, 0.25) is 0 Å². The van der Waals surface area contributed by atoms with Gasteiger partial charge >= 0.3 is 0 Å². The van der Waals surface area contributed by atoms with E-state index in [-0.39, 0.29) is 6.04 Å². The molecular weight excluding hydrogens is 250 g/mol. The first-order chi connectivity index (χ1) is 9.72. The van der Waals surface area contributed by atoms with Crippen LogP contribution in [0.3, 0.4) is 0 Å². The minimum atomic E-state index is 0.112. The van der Waals surface area contributed by atoms with E-state index in [2.05, 4.69) is 12.2 Å². The minimum absolute atomic E-state index is 0.112. The Hall–Kier alpha value is -2.00. The van der Waals surface area contributed by atoms with Crippen LogP contribution in [0.4, 0.5) is 0 Å². The summed E-state index contributed by atoms with van der Waals surface area (Å²) in [6, 6.07) is 15.9. The average Bonchev–Trinajstić information content (AvgIpc) is 2.46. The molecule has 0 amide bonds. The molecule has 0 radical (unpaired) electrons. The van der Waals surface area contributed by atoms with Gasteiger partial charge in [0.2, 0.25) is 0 Å². The molecular formula is C17H19NO2. The molecule has 0 bridgehead atoms. The Morgan fingerprint density at radius 3 is 2.80 bits per heavy atom. The summed E-state index contributed by atoms with van der Waals surface area (Å²) in [6.07, 6.45) is 0.984. The molecule has 0 aromatic heterocycles. The molecule has 0 spiro atoms. The topological polar surface area (TPSA) is 41.5 Å². The number of phenolic OH excluding ortho intramolecular Hbond substituents is 1. The van der Waals surface area contributed by atoms with E-state index in [4.69, 9.17) is 4.74 Å². The Morgan fingerprint density at radius 2 is 2.00 bits per heavy atom. The molecule has 2 unspecified atom stereocenters. The van der Waals surface area contributed by atoms with Gasteiger partial charge in [0.15, 0.2) is 0 Å². The monoisotopic (exact) mass is 269 g/mol. The predicted molar refractivity (Wildman–Crippen MR) is 79.1 cm³/mol. The van der Waals surface area contributed by atoms with Gasteiger partial charge in [0, 0.05) is 6.04 Å². The first kappa shape index (κ1) is 13.0. The Morgan fingerprint density at radius 1 is 1.20 bits per heavy atom. The van der Waals surface area contributed by atoms with Crippen molar-refractivity contribution in [2.24, 2.45) is 0 Å². The lowest BCUT2D eigenvalue weighted by Crippen LogP contribution is -2.40. The van der Waals surface area contributed by atoms with Crippen molar-refractivity contribution in [3.05, 3.63) is 59.7 Å². The van der Waals surface area contributed by atoms with E-state index < -0.39 is 0 Å². The molecule has 2 aromatic rings. The van der Waals surface area contributed by atoms with Gasteiger partial charge in [-0.3, -0.25) is 0 Å². The number of rotatable bonds is 3. The fourth-order valence-corrected chi connectivity index (χ4v) is 2.75. The van der Waals surface area contributed by atoms with E-state index in [1.54, 1.807) is 6.07 Å². The van der Waals surface area contributed by atoms with Crippen molar-refractivity contribution in [2.75, 3.05) is 6.61 Å². The van der Waals surface area contributed by atoms with Crippen molar-refractivity contribution in [1.29, 1.82) is 0 Å². The second-order valence-corrected chi connectivity index (χ2v) is 5.33. The van der Waals surface area contributed by atoms with Gasteiger partial charge in [-0.2, -0.15) is 0 Å². The number of aromatic hydroxyl groups is 1. The molecule has 2 N–H and O–H groups in total. The van der Waals surface area contributed by atoms with E-state index in [1.807, 2.05) is 42.5 Å². The summed E-state index contributed by atoms with van der Waals surface area (Å²) in [4.78, 5) is 0. The van der Waals surface area contributed by atoms with Crippen LogP contribution in [0.15, 0.2) is 48.5 Å². The Bertz CT molecular complexity index is 583. The van der Waals surface area contributed by atoms with E-state index in [1.165, 1.54) is 5.56 Å². The third-order valence-corrected chi connectivity index (χ3v) is 3.68. The molecule has 2 atom stereocenters. The van der Waals surface area contributed by atoms with Crippen LogP contribution in [0.25, 0.3) is 0 Å². The lowest BCUT2D eigenvalue weighted by molar-refractivity contribution is 0.247. The third-order valence-electron chi connectivity index (χ3n) is 3.68. The molecule has 0 fully saturated rings. The highest BCUT2D eigenvalue weighted by Gasteiger charge is 2.24. The van der Waals surface area contributed by atoms with Crippen LogP contribution in [0, 0.1) is 0 Å². The number of para-hydroxylation sites is 1. The summed E-state index contributed by atoms with van der Waals surface area (Å²) in [5.74, 6) is 1.18. The SMILES string of the molecule is CC1Cc2ccc(O)cc2C(COc2ccccc2)N1. The summed E-state index contributed by atoms with van der Waals surface area (Å²) in [6.45, 7) is 2.73. The predicted octanol–water partition coefficient (Wildman–Crippen LogP) is 3.05. The third kappa shape index (κ3) is 2.78. The van der Waals surface area contributed by atoms with Gasteiger partial charge in [-0.1, -0.05) is 24.3 Å². The van der Waals surface area contributed by atoms with Crippen molar-refractivity contribution in [1.82, 2.24) is 5.32 Å². The lowest BCUT2D eigenvalue weighted by Gasteiger charge is -2.31. The van der Waals surface area contributed by atoms with Crippen LogP contribution >= 0.6 is 0 Å². The summed E-state index contributed by atoms with van der Waals surface area (Å²) >= 11 is 0. The van der Waals surface area contributed by atoms with Crippen molar-refractivity contribution in [2.45, 2.75) is 25.4 Å². The first-order valence-electron chi connectivity index (χ1n) is 6.98. The summed E-state index contributed by atoms with van der Waals surface area (Å²) in [7, 11) is 0. The zero-order valence-electron chi connectivity index (χ0n) is 11.5. The number of hydrogen-bond donors (Lipinski definition) is 2. The summed E-state index contributed by atoms with van der Waals surface area (Å²) in [5, 5.41) is 13.2. The van der Waals surface area contributed by atoms with Crippen LogP contribution in [-0.2, 0) is 6.42 Å². The van der Waals surface area contributed by atoms with Gasteiger partial charge in [-0.15, -0.1) is 0 Å². The Kier molecular flexibility index (Phi) is 3.61. The van der Waals surface area contributed by atoms with Crippen molar-refractivity contribution in [3.63, 3.8) is 0 Å². The fourth-order valence-electron chi connectivity index (χ4n) is 2.75. The van der Waals surface area contributed by atoms with Crippen LogP contribution in [-0.4, -0.2) is 17.8 Å². The highest BCUT2D eigenvalue weighted by molar-refractivity contribution is 5.39. The first-order valence-corrected chi connectivity index (χ1v) is 6.98. The molecule has 1 aliphatic rings. The Balaban J connectivity index is 1.78. The van der Waals surface area contributed by atoms with E-state index >= 15 is 0 Å². The number of fused-ring (bicyclic) bond motifs is 1. The molecule has 1 aliphatic heterocycles. The summed E-state index contributed by atoms with van der Waals surface area (Å²) in [5.41, 5.74) is 2.43. The largest absolute Gasteiger partial charge is 0.508 e. The molecule has 0 saturated carbocycles. The maximum Gasteiger partial charge on any atom is 0.119 e. The van der Waals surface area contributed by atoms with E-state index in [0.717, 1.165) is 17.7 Å². The zero-order valence-corrected chi connectivity index (χ0v) is 11.5. The molecule has 0 saturated heterocycles. The number of ether oxygens (including phenoxy) is 1. The maximum atomic E-state index is 9.69. The van der Waals surface area contributed by atoms with E-state index in [0.29, 0.717) is 18.4 Å². The molecule has 1 heterocycles. The number of phenols is 1. The van der Waals surface area contributed by atoms with Crippen molar-refractivity contribution in [3.8, 4) is 11.5 Å². The fraction of sp³-hybridized carbons (Fsp3) is 0.294.